The zero-order valence-electron chi connectivity index (χ0n) is 10.7. The lowest BCUT2D eigenvalue weighted by molar-refractivity contribution is -0.153. The number of rotatable bonds is 4. The average Bonchev–Trinajstić information content (AvgIpc) is 2.75. The van der Waals surface area contributed by atoms with E-state index in [1.54, 1.807) is 12.1 Å². The van der Waals surface area contributed by atoms with Crippen LogP contribution in [0.25, 0.3) is 0 Å². The van der Waals surface area contributed by atoms with Crippen LogP contribution in [0.15, 0.2) is 35.5 Å². The number of carbonyl (C=O) groups is 2. The minimum absolute atomic E-state index is 0.270. The summed E-state index contributed by atoms with van der Waals surface area (Å²) in [6.07, 6.45) is 1.30. The highest BCUT2D eigenvalue weighted by Gasteiger charge is 2.29. The van der Waals surface area contributed by atoms with Crippen LogP contribution < -0.4 is 5.32 Å². The smallest absolute Gasteiger partial charge is 0.331 e. The van der Waals surface area contributed by atoms with Gasteiger partial charge in [-0.25, -0.2) is 4.79 Å². The fourth-order valence-corrected chi connectivity index (χ4v) is 1.28. The predicted molar refractivity (Wildman–Crippen MR) is 65.6 cm³/mol. The Morgan fingerprint density at radius 1 is 1.50 bits per heavy atom. The van der Waals surface area contributed by atoms with E-state index < -0.39 is 23.5 Å². The molecule has 0 aliphatic heterocycles. The van der Waals surface area contributed by atoms with Gasteiger partial charge in [-0.1, -0.05) is 6.58 Å². The fourth-order valence-electron chi connectivity index (χ4n) is 1.28. The summed E-state index contributed by atoms with van der Waals surface area (Å²) in [4.78, 5) is 23.3. The third-order valence-electron chi connectivity index (χ3n) is 1.94. The number of furan rings is 1. The Bertz CT molecular complexity index is 428. The van der Waals surface area contributed by atoms with E-state index in [9.17, 15) is 9.59 Å². The average molecular weight is 251 g/mol. The van der Waals surface area contributed by atoms with Crippen molar-refractivity contribution in [2.75, 3.05) is 0 Å². The number of ether oxygens (including phenoxy) is 1. The van der Waals surface area contributed by atoms with Crippen molar-refractivity contribution < 1.29 is 18.7 Å². The quantitative estimate of drug-likeness (QED) is 0.656. The summed E-state index contributed by atoms with van der Waals surface area (Å²) in [5.74, 6) is -0.847. The van der Waals surface area contributed by atoms with Gasteiger partial charge in [-0.3, -0.25) is 4.79 Å². The van der Waals surface area contributed by atoms with Gasteiger partial charge in [0.15, 0.2) is 5.76 Å². The molecule has 1 amide bonds. The van der Waals surface area contributed by atoms with Gasteiger partial charge in [-0.15, -0.1) is 0 Å². The molecule has 0 fully saturated rings. The first kappa shape index (κ1) is 14.0. The summed E-state index contributed by atoms with van der Waals surface area (Å²) in [7, 11) is 0. The SMILES string of the molecule is C=CC(=O)OC(C(=O)NC(C)(C)C)c1ccco1. The molecule has 0 saturated carbocycles. The molecule has 1 atom stereocenters. The van der Waals surface area contributed by atoms with Crippen LogP contribution >= 0.6 is 0 Å². The van der Waals surface area contributed by atoms with Gasteiger partial charge in [0.25, 0.3) is 5.91 Å². The lowest BCUT2D eigenvalue weighted by Gasteiger charge is -2.23. The molecule has 1 rings (SSSR count). The molecule has 5 heteroatoms. The number of carbonyl (C=O) groups excluding carboxylic acids is 2. The molecule has 0 aliphatic rings. The van der Waals surface area contributed by atoms with Crippen LogP contribution in [0, 0.1) is 0 Å². The zero-order valence-corrected chi connectivity index (χ0v) is 10.7. The molecule has 18 heavy (non-hydrogen) atoms. The van der Waals surface area contributed by atoms with Gasteiger partial charge >= 0.3 is 5.97 Å². The summed E-state index contributed by atoms with van der Waals surface area (Å²) in [5.41, 5.74) is -0.428. The van der Waals surface area contributed by atoms with Crippen molar-refractivity contribution in [2.24, 2.45) is 0 Å². The highest BCUT2D eigenvalue weighted by atomic mass is 16.6. The number of esters is 1. The molecule has 0 aliphatic carbocycles. The van der Waals surface area contributed by atoms with E-state index in [0.717, 1.165) is 6.08 Å². The van der Waals surface area contributed by atoms with Crippen molar-refractivity contribution in [3.05, 3.63) is 36.8 Å². The summed E-state index contributed by atoms with van der Waals surface area (Å²) < 4.78 is 10.1. The second-order valence-corrected chi connectivity index (χ2v) is 4.78. The minimum atomic E-state index is -1.11. The molecule has 1 aromatic heterocycles. The van der Waals surface area contributed by atoms with E-state index in [2.05, 4.69) is 11.9 Å². The Balaban J connectivity index is 2.87. The maximum atomic E-state index is 12.0. The molecule has 1 aromatic rings. The van der Waals surface area contributed by atoms with Gasteiger partial charge in [0, 0.05) is 11.6 Å². The highest BCUT2D eigenvalue weighted by molar-refractivity contribution is 5.88. The Morgan fingerprint density at radius 3 is 2.61 bits per heavy atom. The molecular formula is C13H17NO4. The number of amides is 1. The Labute approximate surface area is 106 Å². The number of hydrogen-bond acceptors (Lipinski definition) is 4. The third kappa shape index (κ3) is 4.08. The maximum Gasteiger partial charge on any atom is 0.331 e. The Kier molecular flexibility index (Phi) is 4.31. The summed E-state index contributed by atoms with van der Waals surface area (Å²) >= 11 is 0. The van der Waals surface area contributed by atoms with Crippen LogP contribution in [0.3, 0.4) is 0 Å². The molecule has 1 unspecified atom stereocenters. The van der Waals surface area contributed by atoms with E-state index >= 15 is 0 Å². The molecule has 0 aromatic carbocycles. The van der Waals surface area contributed by atoms with Gasteiger partial charge in [-0.05, 0) is 32.9 Å². The molecule has 0 saturated heterocycles. The molecule has 0 spiro atoms. The minimum Gasteiger partial charge on any atom is -0.465 e. The third-order valence-corrected chi connectivity index (χ3v) is 1.94. The van der Waals surface area contributed by atoms with Crippen LogP contribution in [-0.2, 0) is 14.3 Å². The van der Waals surface area contributed by atoms with Gasteiger partial charge in [-0.2, -0.15) is 0 Å². The van der Waals surface area contributed by atoms with Gasteiger partial charge in [0.05, 0.1) is 6.26 Å². The molecular weight excluding hydrogens is 234 g/mol. The molecule has 0 radical (unpaired) electrons. The normalized spacial score (nSPS) is 12.6. The van der Waals surface area contributed by atoms with Gasteiger partial charge < -0.3 is 14.5 Å². The Hall–Kier alpha value is -2.04. The first-order chi connectivity index (χ1) is 8.33. The van der Waals surface area contributed by atoms with E-state index in [1.165, 1.54) is 6.26 Å². The van der Waals surface area contributed by atoms with Gasteiger partial charge in [0.2, 0.25) is 6.10 Å². The van der Waals surface area contributed by atoms with Crippen LogP contribution in [-0.4, -0.2) is 17.4 Å². The highest BCUT2D eigenvalue weighted by Crippen LogP contribution is 2.19. The monoisotopic (exact) mass is 251 g/mol. The van der Waals surface area contributed by atoms with Crippen molar-refractivity contribution in [1.29, 1.82) is 0 Å². The van der Waals surface area contributed by atoms with Crippen molar-refractivity contribution in [3.63, 3.8) is 0 Å². The van der Waals surface area contributed by atoms with Crippen LogP contribution in [0.1, 0.15) is 32.6 Å². The van der Waals surface area contributed by atoms with Crippen LogP contribution in [0.2, 0.25) is 0 Å². The standard InChI is InChI=1S/C13H17NO4/c1-5-10(15)18-11(9-7-6-8-17-9)12(16)14-13(2,3)4/h5-8,11H,1H2,2-4H3,(H,14,16). The number of nitrogens with one attached hydrogen (secondary N) is 1. The van der Waals surface area contributed by atoms with Crippen molar-refractivity contribution in [1.82, 2.24) is 5.32 Å². The second-order valence-electron chi connectivity index (χ2n) is 4.78. The molecule has 0 bridgehead atoms. The molecule has 5 nitrogen and oxygen atoms in total. The van der Waals surface area contributed by atoms with E-state index in [-0.39, 0.29) is 5.76 Å². The summed E-state index contributed by atoms with van der Waals surface area (Å²) in [5, 5.41) is 2.73. The lowest BCUT2D eigenvalue weighted by atomic mass is 10.1. The summed E-state index contributed by atoms with van der Waals surface area (Å²) in [6.45, 7) is 8.79. The van der Waals surface area contributed by atoms with Crippen LogP contribution in [0.4, 0.5) is 0 Å². The maximum absolute atomic E-state index is 12.0. The van der Waals surface area contributed by atoms with E-state index in [1.807, 2.05) is 20.8 Å². The molecule has 1 N–H and O–H groups in total. The first-order valence-corrected chi connectivity index (χ1v) is 5.52. The topological polar surface area (TPSA) is 68.5 Å². The molecule has 1 heterocycles. The first-order valence-electron chi connectivity index (χ1n) is 5.52. The fraction of sp³-hybridized carbons (Fsp3) is 0.385. The molecule has 98 valence electrons. The summed E-state index contributed by atoms with van der Waals surface area (Å²) in [6, 6.07) is 3.19. The second kappa shape index (κ2) is 5.53. The van der Waals surface area contributed by atoms with E-state index in [4.69, 9.17) is 9.15 Å². The van der Waals surface area contributed by atoms with Crippen LogP contribution in [0.5, 0.6) is 0 Å². The largest absolute Gasteiger partial charge is 0.465 e. The van der Waals surface area contributed by atoms with E-state index in [0.29, 0.717) is 0 Å². The number of hydrogen-bond donors (Lipinski definition) is 1. The van der Waals surface area contributed by atoms with Crippen molar-refractivity contribution in [3.8, 4) is 0 Å². The zero-order chi connectivity index (χ0) is 13.8. The van der Waals surface area contributed by atoms with Gasteiger partial charge in [0.1, 0.15) is 0 Å². The van der Waals surface area contributed by atoms with Crippen molar-refractivity contribution >= 4 is 11.9 Å². The predicted octanol–water partition coefficient (Wildman–Crippen LogP) is 1.96. The Morgan fingerprint density at radius 2 is 2.17 bits per heavy atom. The van der Waals surface area contributed by atoms with Crippen molar-refractivity contribution in [2.45, 2.75) is 32.4 Å². The lowest BCUT2D eigenvalue weighted by Crippen LogP contribution is -2.44.